The number of aryl methyl sites for hydroxylation is 2. The lowest BCUT2D eigenvalue weighted by atomic mass is 9.86. The lowest BCUT2D eigenvalue weighted by Crippen LogP contribution is -2.25. The largest absolute Gasteiger partial charge is 0.451 e. The van der Waals surface area contributed by atoms with Crippen molar-refractivity contribution in [1.82, 2.24) is 10.3 Å². The second-order valence-electron chi connectivity index (χ2n) is 7.69. The zero-order valence-corrected chi connectivity index (χ0v) is 16.9. The van der Waals surface area contributed by atoms with Crippen LogP contribution in [0.5, 0.6) is 0 Å². The third-order valence-corrected chi connectivity index (χ3v) is 6.51. The van der Waals surface area contributed by atoms with Crippen molar-refractivity contribution in [3.05, 3.63) is 64.2 Å². The predicted molar refractivity (Wildman–Crippen MR) is 110 cm³/mol. The fourth-order valence-corrected chi connectivity index (χ4v) is 4.97. The predicted octanol–water partition coefficient (Wildman–Crippen LogP) is 5.13. The summed E-state index contributed by atoms with van der Waals surface area (Å²) in [6.07, 6.45) is 10.5. The van der Waals surface area contributed by atoms with Gasteiger partial charge in [-0.15, -0.1) is 11.8 Å². The van der Waals surface area contributed by atoms with Gasteiger partial charge in [0, 0.05) is 12.4 Å². The molecule has 27 heavy (non-hydrogen) atoms. The average Bonchev–Trinajstić information content (AvgIpc) is 3.36. The number of aromatic nitrogens is 1. The van der Waals surface area contributed by atoms with Crippen LogP contribution in [0.2, 0.25) is 0 Å². The van der Waals surface area contributed by atoms with Gasteiger partial charge in [0.15, 0.2) is 6.39 Å². The maximum absolute atomic E-state index is 6.68. The van der Waals surface area contributed by atoms with E-state index in [4.69, 9.17) is 9.15 Å². The standard InChI is InChI=1S/C22H28N2O2S/c1-15-6-7-16(2)20(8-15)22(21-12-25-13-24-21)26-18-5-3-4-17(9-18)10-19-11-23-14-27-19/h6-8,10,12-13,17-18,22-23H,3-5,9,11,14H2,1-2H3/t17-,18+,22?/m0/s1. The number of nitrogens with one attached hydrogen (secondary N) is 1. The topological polar surface area (TPSA) is 47.3 Å². The molecule has 2 aromatic rings. The molecule has 1 aliphatic carbocycles. The van der Waals surface area contributed by atoms with Crippen molar-refractivity contribution in [2.75, 3.05) is 12.4 Å². The lowest BCUT2D eigenvalue weighted by Gasteiger charge is -2.31. The maximum Gasteiger partial charge on any atom is 0.180 e. The third kappa shape index (κ3) is 4.65. The van der Waals surface area contributed by atoms with E-state index in [0.717, 1.165) is 31.0 Å². The molecule has 0 radical (unpaired) electrons. The van der Waals surface area contributed by atoms with E-state index in [1.807, 2.05) is 11.8 Å². The summed E-state index contributed by atoms with van der Waals surface area (Å²) in [6, 6.07) is 6.53. The molecule has 5 heteroatoms. The van der Waals surface area contributed by atoms with Crippen LogP contribution in [0.15, 0.2) is 46.3 Å². The van der Waals surface area contributed by atoms with Crippen LogP contribution in [0.4, 0.5) is 0 Å². The zero-order valence-electron chi connectivity index (χ0n) is 16.1. The molecule has 3 atom stereocenters. The maximum atomic E-state index is 6.68. The van der Waals surface area contributed by atoms with E-state index in [1.165, 1.54) is 40.8 Å². The van der Waals surface area contributed by atoms with Gasteiger partial charge in [-0.2, -0.15) is 0 Å². The first-order valence-electron chi connectivity index (χ1n) is 9.84. The number of allylic oxidation sites excluding steroid dienone is 1. The Bertz CT molecular complexity index is 780. The van der Waals surface area contributed by atoms with Gasteiger partial charge in [-0.1, -0.05) is 36.3 Å². The summed E-state index contributed by atoms with van der Waals surface area (Å²) in [6.45, 7) is 5.29. The van der Waals surface area contributed by atoms with Crippen molar-refractivity contribution in [2.24, 2.45) is 5.92 Å². The van der Waals surface area contributed by atoms with Crippen molar-refractivity contribution in [1.29, 1.82) is 0 Å². The van der Waals surface area contributed by atoms with Crippen molar-refractivity contribution < 1.29 is 9.15 Å². The average molecular weight is 385 g/mol. The van der Waals surface area contributed by atoms with E-state index in [9.17, 15) is 0 Å². The van der Waals surface area contributed by atoms with E-state index < -0.39 is 0 Å². The zero-order chi connectivity index (χ0) is 18.6. The minimum Gasteiger partial charge on any atom is -0.451 e. The number of hydrogen-bond acceptors (Lipinski definition) is 5. The van der Waals surface area contributed by atoms with Crippen LogP contribution in [0.1, 0.15) is 54.2 Å². The van der Waals surface area contributed by atoms with Crippen molar-refractivity contribution in [3.8, 4) is 0 Å². The molecular weight excluding hydrogens is 356 g/mol. The molecule has 4 rings (SSSR count). The van der Waals surface area contributed by atoms with Crippen LogP contribution >= 0.6 is 11.8 Å². The Hall–Kier alpha value is -1.56. The van der Waals surface area contributed by atoms with Gasteiger partial charge in [0.2, 0.25) is 0 Å². The van der Waals surface area contributed by atoms with Gasteiger partial charge in [0.05, 0.1) is 6.10 Å². The minimum atomic E-state index is -0.164. The van der Waals surface area contributed by atoms with Gasteiger partial charge >= 0.3 is 0 Å². The summed E-state index contributed by atoms with van der Waals surface area (Å²) in [7, 11) is 0. The van der Waals surface area contributed by atoms with Crippen LogP contribution < -0.4 is 5.32 Å². The molecule has 1 saturated carbocycles. The molecule has 1 aromatic heterocycles. The molecular formula is C22H28N2O2S. The SMILES string of the molecule is Cc1ccc(C)c(C(O[C@@H]2CCC[C@H](C=C3CNCS3)C2)c2cocn2)c1. The Balaban J connectivity index is 1.53. The van der Waals surface area contributed by atoms with Gasteiger partial charge in [-0.3, -0.25) is 0 Å². The molecule has 1 unspecified atom stereocenters. The molecule has 1 aromatic carbocycles. The number of thioether (sulfide) groups is 1. The van der Waals surface area contributed by atoms with E-state index in [2.05, 4.69) is 48.4 Å². The van der Waals surface area contributed by atoms with Gasteiger partial charge in [-0.25, -0.2) is 4.98 Å². The first-order chi connectivity index (χ1) is 13.2. The van der Waals surface area contributed by atoms with Crippen LogP contribution in [-0.4, -0.2) is 23.5 Å². The summed E-state index contributed by atoms with van der Waals surface area (Å²) < 4.78 is 12.0. The van der Waals surface area contributed by atoms with E-state index in [-0.39, 0.29) is 12.2 Å². The Morgan fingerprint density at radius 1 is 1.33 bits per heavy atom. The minimum absolute atomic E-state index is 0.164. The van der Waals surface area contributed by atoms with Crippen molar-refractivity contribution in [3.63, 3.8) is 0 Å². The van der Waals surface area contributed by atoms with E-state index in [0.29, 0.717) is 5.92 Å². The van der Waals surface area contributed by atoms with Gasteiger partial charge < -0.3 is 14.5 Å². The van der Waals surface area contributed by atoms with Crippen molar-refractivity contribution >= 4 is 11.8 Å². The van der Waals surface area contributed by atoms with Gasteiger partial charge in [0.1, 0.15) is 18.1 Å². The smallest absolute Gasteiger partial charge is 0.180 e. The van der Waals surface area contributed by atoms with Crippen LogP contribution in [0.25, 0.3) is 0 Å². The molecule has 2 fully saturated rings. The molecule has 0 amide bonds. The highest BCUT2D eigenvalue weighted by Gasteiger charge is 2.28. The third-order valence-electron chi connectivity index (χ3n) is 5.51. The summed E-state index contributed by atoms with van der Waals surface area (Å²) in [5, 5.41) is 3.40. The normalized spacial score (nSPS) is 25.8. The second kappa shape index (κ2) is 8.63. The fourth-order valence-electron chi connectivity index (χ4n) is 4.08. The van der Waals surface area contributed by atoms with Gasteiger partial charge in [0.25, 0.3) is 0 Å². The quantitative estimate of drug-likeness (QED) is 0.774. The first-order valence-corrected chi connectivity index (χ1v) is 10.8. The summed E-state index contributed by atoms with van der Waals surface area (Å²) in [4.78, 5) is 5.91. The molecule has 2 aliphatic rings. The number of benzene rings is 1. The number of ether oxygens (including phenoxy) is 1. The van der Waals surface area contributed by atoms with Crippen LogP contribution in [0.3, 0.4) is 0 Å². The van der Waals surface area contributed by atoms with Gasteiger partial charge in [-0.05, 0) is 55.1 Å². The Labute approximate surface area is 165 Å². The second-order valence-corrected chi connectivity index (χ2v) is 8.79. The summed E-state index contributed by atoms with van der Waals surface area (Å²) in [5.74, 6) is 1.65. The highest BCUT2D eigenvalue weighted by atomic mass is 32.2. The van der Waals surface area contributed by atoms with Crippen molar-refractivity contribution in [2.45, 2.75) is 51.7 Å². The molecule has 0 bridgehead atoms. The number of hydrogen-bond donors (Lipinski definition) is 1. The molecule has 144 valence electrons. The number of rotatable bonds is 5. The summed E-state index contributed by atoms with van der Waals surface area (Å²) in [5.41, 5.74) is 4.53. The van der Waals surface area contributed by atoms with E-state index >= 15 is 0 Å². The number of nitrogens with zero attached hydrogens (tertiary/aromatic N) is 1. The Morgan fingerprint density at radius 3 is 3.04 bits per heavy atom. The first kappa shape index (κ1) is 18.8. The molecule has 2 heterocycles. The highest BCUT2D eigenvalue weighted by molar-refractivity contribution is 8.03. The van der Waals surface area contributed by atoms with Crippen LogP contribution in [-0.2, 0) is 4.74 Å². The molecule has 4 nitrogen and oxygen atoms in total. The highest BCUT2D eigenvalue weighted by Crippen LogP contribution is 2.36. The molecule has 0 spiro atoms. The fraction of sp³-hybridized carbons (Fsp3) is 0.500. The Morgan fingerprint density at radius 2 is 2.26 bits per heavy atom. The monoisotopic (exact) mass is 384 g/mol. The molecule has 1 N–H and O–H groups in total. The summed E-state index contributed by atoms with van der Waals surface area (Å²) >= 11 is 1.94. The van der Waals surface area contributed by atoms with Crippen LogP contribution in [0, 0.1) is 19.8 Å². The molecule has 1 saturated heterocycles. The molecule has 1 aliphatic heterocycles. The Kier molecular flexibility index (Phi) is 6.01. The lowest BCUT2D eigenvalue weighted by molar-refractivity contribution is -0.0213. The van der Waals surface area contributed by atoms with E-state index in [1.54, 1.807) is 6.26 Å². The number of oxazole rings is 1.